The standard InChI is InChI=1S/C13H7F4NO2/c14-7-5-8(15)11(17)12(10(7)16)18-9-4-2-1-3-6(9)13(19)20/h1-5,18H,(H,19,20). The van der Waals surface area contributed by atoms with Gasteiger partial charge in [-0.05, 0) is 12.1 Å². The van der Waals surface area contributed by atoms with Gasteiger partial charge >= 0.3 is 5.97 Å². The number of carboxylic acids is 1. The summed E-state index contributed by atoms with van der Waals surface area (Å²) in [6, 6.07) is 5.26. The van der Waals surface area contributed by atoms with E-state index in [2.05, 4.69) is 5.32 Å². The number of hydrogen-bond donors (Lipinski definition) is 2. The molecule has 0 fully saturated rings. The molecule has 0 saturated carbocycles. The number of anilines is 2. The highest BCUT2D eigenvalue weighted by atomic mass is 19.2. The average molecular weight is 285 g/mol. The van der Waals surface area contributed by atoms with E-state index in [-0.39, 0.29) is 17.3 Å². The Hall–Kier alpha value is -2.57. The van der Waals surface area contributed by atoms with E-state index in [1.807, 2.05) is 0 Å². The van der Waals surface area contributed by atoms with Gasteiger partial charge in [0.2, 0.25) is 0 Å². The average Bonchev–Trinajstić information content (AvgIpc) is 2.41. The Morgan fingerprint density at radius 2 is 1.55 bits per heavy atom. The minimum absolute atomic E-state index is 0.0684. The summed E-state index contributed by atoms with van der Waals surface area (Å²) in [6.07, 6.45) is 0. The first kappa shape index (κ1) is 13.9. The van der Waals surface area contributed by atoms with Crippen LogP contribution in [0.25, 0.3) is 0 Å². The van der Waals surface area contributed by atoms with Crippen molar-refractivity contribution >= 4 is 17.3 Å². The number of hydrogen-bond acceptors (Lipinski definition) is 2. The number of benzene rings is 2. The summed E-state index contributed by atoms with van der Waals surface area (Å²) in [6.45, 7) is 0. The zero-order chi connectivity index (χ0) is 14.9. The van der Waals surface area contributed by atoms with Crippen LogP contribution in [-0.2, 0) is 0 Å². The van der Waals surface area contributed by atoms with E-state index in [4.69, 9.17) is 5.11 Å². The molecule has 0 amide bonds. The summed E-state index contributed by atoms with van der Waals surface area (Å²) in [5, 5.41) is 11.0. The van der Waals surface area contributed by atoms with E-state index in [9.17, 15) is 22.4 Å². The molecular weight excluding hydrogens is 278 g/mol. The van der Waals surface area contributed by atoms with Gasteiger partial charge in [-0.25, -0.2) is 22.4 Å². The number of halogens is 4. The van der Waals surface area contributed by atoms with Crippen LogP contribution in [0.15, 0.2) is 30.3 Å². The Bertz CT molecular complexity index is 662. The second-order valence-corrected chi connectivity index (χ2v) is 3.82. The lowest BCUT2D eigenvalue weighted by atomic mass is 10.1. The molecule has 0 aliphatic rings. The first-order chi connectivity index (χ1) is 9.41. The summed E-state index contributed by atoms with van der Waals surface area (Å²) < 4.78 is 53.0. The number of carboxylic acid groups (broad SMARTS) is 1. The van der Waals surface area contributed by atoms with Crippen LogP contribution in [0.2, 0.25) is 0 Å². The minimum atomic E-state index is -1.64. The topological polar surface area (TPSA) is 49.3 Å². The molecule has 7 heteroatoms. The second kappa shape index (κ2) is 5.20. The van der Waals surface area contributed by atoms with Crippen molar-refractivity contribution in [3.8, 4) is 0 Å². The van der Waals surface area contributed by atoms with Gasteiger partial charge in [0.1, 0.15) is 5.69 Å². The molecule has 0 aliphatic heterocycles. The van der Waals surface area contributed by atoms with Crippen molar-refractivity contribution in [1.82, 2.24) is 0 Å². The van der Waals surface area contributed by atoms with Crippen molar-refractivity contribution in [2.45, 2.75) is 0 Å². The molecule has 0 spiro atoms. The third-order valence-corrected chi connectivity index (χ3v) is 2.53. The van der Waals surface area contributed by atoms with Gasteiger partial charge in [0.25, 0.3) is 0 Å². The fraction of sp³-hybridized carbons (Fsp3) is 0. The Balaban J connectivity index is 2.54. The summed E-state index contributed by atoms with van der Waals surface area (Å²) in [5.41, 5.74) is -1.57. The monoisotopic (exact) mass is 285 g/mol. The molecule has 104 valence electrons. The molecule has 20 heavy (non-hydrogen) atoms. The third kappa shape index (κ3) is 2.42. The predicted octanol–water partition coefficient (Wildman–Crippen LogP) is 3.68. The van der Waals surface area contributed by atoms with E-state index < -0.39 is 34.9 Å². The van der Waals surface area contributed by atoms with E-state index in [1.54, 1.807) is 0 Å². The highest BCUT2D eigenvalue weighted by Gasteiger charge is 2.20. The number of aromatic carboxylic acids is 1. The minimum Gasteiger partial charge on any atom is -0.478 e. The Labute approximate surface area is 110 Å². The van der Waals surface area contributed by atoms with Gasteiger partial charge in [0, 0.05) is 6.07 Å². The first-order valence-corrected chi connectivity index (χ1v) is 5.34. The van der Waals surface area contributed by atoms with Gasteiger partial charge in [-0.3, -0.25) is 0 Å². The van der Waals surface area contributed by atoms with Crippen LogP contribution >= 0.6 is 0 Å². The molecule has 0 bridgehead atoms. The first-order valence-electron chi connectivity index (χ1n) is 5.34. The fourth-order valence-electron chi connectivity index (χ4n) is 1.60. The summed E-state index contributed by atoms with van der Waals surface area (Å²) >= 11 is 0. The number of carbonyl (C=O) groups is 1. The van der Waals surface area contributed by atoms with Gasteiger partial charge in [-0.1, -0.05) is 12.1 Å². The second-order valence-electron chi connectivity index (χ2n) is 3.82. The van der Waals surface area contributed by atoms with Crippen LogP contribution in [0.4, 0.5) is 28.9 Å². The molecule has 3 nitrogen and oxygen atoms in total. The molecule has 0 aliphatic carbocycles. The van der Waals surface area contributed by atoms with Gasteiger partial charge in [0.05, 0.1) is 11.3 Å². The van der Waals surface area contributed by atoms with Crippen LogP contribution in [0.5, 0.6) is 0 Å². The van der Waals surface area contributed by atoms with Crippen molar-refractivity contribution in [1.29, 1.82) is 0 Å². The maximum Gasteiger partial charge on any atom is 0.337 e. The normalized spacial score (nSPS) is 10.4. The molecule has 0 saturated heterocycles. The summed E-state index contributed by atoms with van der Waals surface area (Å²) in [4.78, 5) is 10.9. The Morgan fingerprint density at radius 1 is 1.00 bits per heavy atom. The van der Waals surface area contributed by atoms with Crippen molar-refractivity contribution in [2.24, 2.45) is 0 Å². The summed E-state index contributed by atoms with van der Waals surface area (Å²) in [5.74, 6) is -7.79. The van der Waals surface area contributed by atoms with Crippen LogP contribution in [0.3, 0.4) is 0 Å². The van der Waals surface area contributed by atoms with Gasteiger partial charge in [-0.15, -0.1) is 0 Å². The maximum absolute atomic E-state index is 13.5. The number of nitrogens with one attached hydrogen (secondary N) is 1. The molecule has 0 heterocycles. The maximum atomic E-state index is 13.5. The van der Waals surface area contributed by atoms with E-state index in [0.717, 1.165) is 0 Å². The quantitative estimate of drug-likeness (QED) is 0.668. The van der Waals surface area contributed by atoms with Gasteiger partial charge in [0.15, 0.2) is 23.3 Å². The molecule has 0 radical (unpaired) electrons. The Morgan fingerprint density at radius 3 is 2.10 bits per heavy atom. The van der Waals surface area contributed by atoms with Crippen molar-refractivity contribution in [3.63, 3.8) is 0 Å². The zero-order valence-corrected chi connectivity index (χ0v) is 9.75. The van der Waals surface area contributed by atoms with Crippen molar-refractivity contribution in [2.75, 3.05) is 5.32 Å². The molecular formula is C13H7F4NO2. The SMILES string of the molecule is O=C(O)c1ccccc1Nc1c(F)c(F)cc(F)c1F. The van der Waals surface area contributed by atoms with Crippen molar-refractivity contribution in [3.05, 3.63) is 59.2 Å². The van der Waals surface area contributed by atoms with Crippen LogP contribution in [-0.4, -0.2) is 11.1 Å². The zero-order valence-electron chi connectivity index (χ0n) is 9.75. The van der Waals surface area contributed by atoms with Crippen LogP contribution < -0.4 is 5.32 Å². The number of rotatable bonds is 3. The Kier molecular flexibility index (Phi) is 3.60. The molecule has 2 rings (SSSR count). The van der Waals surface area contributed by atoms with E-state index >= 15 is 0 Å². The van der Waals surface area contributed by atoms with Crippen molar-refractivity contribution < 1.29 is 27.5 Å². The lowest BCUT2D eigenvalue weighted by Crippen LogP contribution is -2.07. The van der Waals surface area contributed by atoms with E-state index in [0.29, 0.717) is 0 Å². The lowest BCUT2D eigenvalue weighted by Gasteiger charge is -2.12. The lowest BCUT2D eigenvalue weighted by molar-refractivity contribution is 0.0698. The van der Waals surface area contributed by atoms with Crippen LogP contribution in [0.1, 0.15) is 10.4 Å². The molecule has 2 aromatic rings. The van der Waals surface area contributed by atoms with Crippen LogP contribution in [0, 0.1) is 23.3 Å². The third-order valence-electron chi connectivity index (χ3n) is 2.53. The molecule has 0 unspecified atom stereocenters. The smallest absolute Gasteiger partial charge is 0.337 e. The van der Waals surface area contributed by atoms with Gasteiger partial charge < -0.3 is 10.4 Å². The van der Waals surface area contributed by atoms with Gasteiger partial charge in [-0.2, -0.15) is 0 Å². The molecule has 2 aromatic carbocycles. The summed E-state index contributed by atoms with van der Waals surface area (Å²) in [7, 11) is 0. The molecule has 0 atom stereocenters. The predicted molar refractivity (Wildman–Crippen MR) is 63.0 cm³/mol. The highest BCUT2D eigenvalue weighted by molar-refractivity contribution is 5.95. The van der Waals surface area contributed by atoms with E-state index in [1.165, 1.54) is 24.3 Å². The number of para-hydroxylation sites is 1. The molecule has 0 aromatic heterocycles. The highest BCUT2D eigenvalue weighted by Crippen LogP contribution is 2.28. The molecule has 2 N–H and O–H groups in total. The fourth-order valence-corrected chi connectivity index (χ4v) is 1.60. The largest absolute Gasteiger partial charge is 0.478 e.